The Balaban J connectivity index is 1.43. The monoisotopic (exact) mass is 346 g/mol. The van der Waals surface area contributed by atoms with Gasteiger partial charge in [0, 0.05) is 24.0 Å². The van der Waals surface area contributed by atoms with Gasteiger partial charge in [-0.2, -0.15) is 0 Å². The minimum atomic E-state index is -0.852. The summed E-state index contributed by atoms with van der Waals surface area (Å²) in [6.45, 7) is 0. The fourth-order valence-corrected chi connectivity index (χ4v) is 3.30. The van der Waals surface area contributed by atoms with E-state index in [1.54, 1.807) is 6.26 Å². The molecule has 1 aromatic heterocycles. The molecule has 7 heteroatoms. The number of carbonyl (C=O) groups is 1. The van der Waals surface area contributed by atoms with Crippen LogP contribution in [0.2, 0.25) is 0 Å². The molecule has 0 spiro atoms. The Morgan fingerprint density at radius 3 is 3.04 bits per heavy atom. The minimum absolute atomic E-state index is 0.0186. The number of halogens is 2. The van der Waals surface area contributed by atoms with E-state index in [2.05, 4.69) is 10.5 Å². The summed E-state index contributed by atoms with van der Waals surface area (Å²) in [7, 11) is 0. The molecular formula is C18H16F2N2O3. The van der Waals surface area contributed by atoms with Gasteiger partial charge in [0.15, 0.2) is 0 Å². The number of benzene rings is 1. The lowest BCUT2D eigenvalue weighted by atomic mass is 9.93. The number of carbonyl (C=O) groups excluding carboxylic acids is 1. The number of hydrogen-bond donors (Lipinski definition) is 1. The molecule has 130 valence electrons. The predicted octanol–water partition coefficient (Wildman–Crippen LogP) is 3.24. The first-order valence-corrected chi connectivity index (χ1v) is 8.16. The second-order valence-electron chi connectivity index (χ2n) is 6.21. The molecule has 4 rings (SSSR count). The summed E-state index contributed by atoms with van der Waals surface area (Å²) in [5.74, 6) is -0.598. The molecule has 1 aromatic carbocycles. The van der Waals surface area contributed by atoms with E-state index in [-0.39, 0.29) is 29.6 Å². The molecule has 1 amide bonds. The average molecular weight is 346 g/mol. The van der Waals surface area contributed by atoms with Crippen LogP contribution in [0.15, 0.2) is 40.1 Å². The van der Waals surface area contributed by atoms with Gasteiger partial charge in [-0.3, -0.25) is 4.79 Å². The van der Waals surface area contributed by atoms with Crippen molar-refractivity contribution >= 4 is 11.6 Å². The van der Waals surface area contributed by atoms with Crippen LogP contribution in [0.5, 0.6) is 0 Å². The van der Waals surface area contributed by atoms with Crippen LogP contribution in [0.1, 0.15) is 42.2 Å². The topological polar surface area (TPSA) is 63.8 Å². The Morgan fingerprint density at radius 1 is 1.28 bits per heavy atom. The van der Waals surface area contributed by atoms with E-state index in [1.807, 2.05) is 6.07 Å². The number of nitrogens with zero attached hydrogens (tertiary/aromatic N) is 1. The highest BCUT2D eigenvalue weighted by Gasteiger charge is 2.33. The molecule has 2 atom stereocenters. The summed E-state index contributed by atoms with van der Waals surface area (Å²) in [4.78, 5) is 17.6. The van der Waals surface area contributed by atoms with Gasteiger partial charge in [0.05, 0.1) is 18.0 Å². The highest BCUT2D eigenvalue weighted by molar-refractivity contribution is 6.04. The van der Waals surface area contributed by atoms with Crippen molar-refractivity contribution < 1.29 is 22.8 Å². The third-order valence-corrected chi connectivity index (χ3v) is 4.57. The molecular weight excluding hydrogens is 330 g/mol. The smallest absolute Gasteiger partial charge is 0.264 e. The number of amides is 1. The fourth-order valence-electron chi connectivity index (χ4n) is 3.30. The van der Waals surface area contributed by atoms with E-state index in [4.69, 9.17) is 9.25 Å². The Bertz CT molecular complexity index is 847. The second kappa shape index (κ2) is 6.31. The number of oxime groups is 1. The third-order valence-electron chi connectivity index (χ3n) is 4.57. The highest BCUT2D eigenvalue weighted by Crippen LogP contribution is 2.31. The van der Waals surface area contributed by atoms with Crippen molar-refractivity contribution in [3.05, 3.63) is 59.1 Å². The number of rotatable bonds is 3. The van der Waals surface area contributed by atoms with Gasteiger partial charge in [0.2, 0.25) is 6.10 Å². The van der Waals surface area contributed by atoms with Crippen molar-refractivity contribution in [1.29, 1.82) is 0 Å². The van der Waals surface area contributed by atoms with E-state index in [0.717, 1.165) is 48.8 Å². The third kappa shape index (κ3) is 3.01. The number of nitrogens with one attached hydrogen (secondary N) is 1. The summed E-state index contributed by atoms with van der Waals surface area (Å²) in [6, 6.07) is 4.84. The summed E-state index contributed by atoms with van der Waals surface area (Å²) in [5, 5.41) is 6.70. The highest BCUT2D eigenvalue weighted by atomic mass is 19.1. The molecule has 5 nitrogen and oxygen atoms in total. The Morgan fingerprint density at radius 2 is 2.16 bits per heavy atom. The molecule has 2 aliphatic rings. The minimum Gasteiger partial charge on any atom is -0.469 e. The molecule has 0 saturated carbocycles. The lowest BCUT2D eigenvalue weighted by molar-refractivity contribution is -0.132. The summed E-state index contributed by atoms with van der Waals surface area (Å²) >= 11 is 0. The zero-order valence-electron chi connectivity index (χ0n) is 13.3. The molecule has 0 fully saturated rings. The standard InChI is InChI=1S/C18H16F2N2O3/c19-10-4-5-13(20)12(8-10)15-9-17(25-22-15)18(23)21-14-2-1-3-16-11(14)6-7-24-16/h4-8,14,17H,1-3,9H2,(H,21,23)/t14-,17-/m1/s1. The number of fused-ring (bicyclic) bond motifs is 1. The van der Waals surface area contributed by atoms with Gasteiger partial charge >= 0.3 is 0 Å². The van der Waals surface area contributed by atoms with Crippen LogP contribution in [0.4, 0.5) is 8.78 Å². The predicted molar refractivity (Wildman–Crippen MR) is 84.9 cm³/mol. The molecule has 1 N–H and O–H groups in total. The summed E-state index contributed by atoms with van der Waals surface area (Å²) in [6.07, 6.45) is 3.47. The maximum atomic E-state index is 13.8. The van der Waals surface area contributed by atoms with Crippen LogP contribution in [-0.4, -0.2) is 17.7 Å². The van der Waals surface area contributed by atoms with Crippen LogP contribution in [-0.2, 0) is 16.1 Å². The second-order valence-corrected chi connectivity index (χ2v) is 6.21. The Labute approximate surface area is 142 Å². The number of hydrogen-bond acceptors (Lipinski definition) is 4. The van der Waals surface area contributed by atoms with Gasteiger partial charge in [-0.25, -0.2) is 8.78 Å². The first-order valence-electron chi connectivity index (χ1n) is 8.16. The lowest BCUT2D eigenvalue weighted by Gasteiger charge is -2.23. The number of furan rings is 1. The Hall–Kier alpha value is -2.70. The van der Waals surface area contributed by atoms with E-state index in [0.29, 0.717) is 0 Å². The van der Waals surface area contributed by atoms with Crippen molar-refractivity contribution in [2.45, 2.75) is 37.8 Å². The van der Waals surface area contributed by atoms with Gasteiger partial charge in [0.25, 0.3) is 5.91 Å². The average Bonchev–Trinajstić information content (AvgIpc) is 3.26. The van der Waals surface area contributed by atoms with Crippen LogP contribution in [0, 0.1) is 11.6 Å². The van der Waals surface area contributed by atoms with Gasteiger partial charge in [-0.15, -0.1) is 0 Å². The molecule has 0 radical (unpaired) electrons. The van der Waals surface area contributed by atoms with Crippen molar-refractivity contribution in [1.82, 2.24) is 5.32 Å². The first kappa shape index (κ1) is 15.8. The zero-order valence-corrected chi connectivity index (χ0v) is 13.3. The van der Waals surface area contributed by atoms with Crippen molar-refractivity contribution in [3.63, 3.8) is 0 Å². The molecule has 25 heavy (non-hydrogen) atoms. The fraction of sp³-hybridized carbons (Fsp3) is 0.333. The maximum absolute atomic E-state index is 13.8. The quantitative estimate of drug-likeness (QED) is 0.928. The lowest BCUT2D eigenvalue weighted by Crippen LogP contribution is -2.38. The van der Waals surface area contributed by atoms with Crippen LogP contribution in [0.25, 0.3) is 0 Å². The molecule has 0 saturated heterocycles. The van der Waals surface area contributed by atoms with E-state index >= 15 is 0 Å². The van der Waals surface area contributed by atoms with Gasteiger partial charge in [0.1, 0.15) is 17.4 Å². The molecule has 2 aromatic rings. The summed E-state index contributed by atoms with van der Waals surface area (Å²) < 4.78 is 32.6. The molecule has 1 aliphatic heterocycles. The molecule has 2 heterocycles. The largest absolute Gasteiger partial charge is 0.469 e. The van der Waals surface area contributed by atoms with E-state index in [1.165, 1.54) is 0 Å². The van der Waals surface area contributed by atoms with Gasteiger partial charge in [-0.05, 0) is 37.1 Å². The van der Waals surface area contributed by atoms with Crippen molar-refractivity contribution in [3.8, 4) is 0 Å². The molecule has 1 aliphatic carbocycles. The van der Waals surface area contributed by atoms with Crippen molar-refractivity contribution in [2.75, 3.05) is 0 Å². The van der Waals surface area contributed by atoms with Gasteiger partial charge in [-0.1, -0.05) is 5.16 Å². The Kier molecular flexibility index (Phi) is 3.99. The normalized spacial score (nSPS) is 22.1. The summed E-state index contributed by atoms with van der Waals surface area (Å²) in [5.41, 5.74) is 1.23. The SMILES string of the molecule is O=C(N[C@@H]1CCCc2occc21)[C@H]1CC(c2cc(F)ccc2F)=NO1. The first-order chi connectivity index (χ1) is 12.1. The molecule has 0 unspecified atom stereocenters. The molecule has 0 bridgehead atoms. The van der Waals surface area contributed by atoms with Crippen molar-refractivity contribution in [2.24, 2.45) is 5.16 Å². The van der Waals surface area contributed by atoms with Gasteiger partial charge < -0.3 is 14.6 Å². The van der Waals surface area contributed by atoms with E-state index < -0.39 is 17.7 Å². The number of aryl methyl sites for hydroxylation is 1. The van der Waals surface area contributed by atoms with E-state index in [9.17, 15) is 13.6 Å². The van der Waals surface area contributed by atoms with Crippen LogP contribution >= 0.6 is 0 Å². The maximum Gasteiger partial charge on any atom is 0.264 e. The van der Waals surface area contributed by atoms with Crippen LogP contribution < -0.4 is 5.32 Å². The van der Waals surface area contributed by atoms with Crippen LogP contribution in [0.3, 0.4) is 0 Å². The zero-order chi connectivity index (χ0) is 17.4.